The van der Waals surface area contributed by atoms with E-state index in [-0.39, 0.29) is 11.5 Å². The van der Waals surface area contributed by atoms with E-state index in [4.69, 9.17) is 4.74 Å². The fourth-order valence-corrected chi connectivity index (χ4v) is 3.42. The third-order valence-electron chi connectivity index (χ3n) is 4.46. The van der Waals surface area contributed by atoms with Gasteiger partial charge in [-0.1, -0.05) is 20.3 Å². The van der Waals surface area contributed by atoms with Crippen molar-refractivity contribution in [3.05, 3.63) is 29.1 Å². The molecule has 1 atom stereocenters. The monoisotopic (exact) mass is 371 g/mol. The molecule has 140 valence electrons. The molecule has 0 radical (unpaired) electrons. The third kappa shape index (κ3) is 4.93. The largest absolute Gasteiger partial charge is 0.493 e. The molecule has 25 heavy (non-hydrogen) atoms. The van der Waals surface area contributed by atoms with Crippen LogP contribution in [-0.2, 0) is 10.0 Å². The summed E-state index contributed by atoms with van der Waals surface area (Å²) in [6, 6.07) is 2.64. The minimum absolute atomic E-state index is 0.245. The topological polar surface area (TPSA) is 72.5 Å². The number of sulfonamides is 1. The maximum atomic E-state index is 14.4. The van der Waals surface area contributed by atoms with Crippen LogP contribution in [0, 0.1) is 5.82 Å². The molecule has 1 saturated carbocycles. The van der Waals surface area contributed by atoms with Crippen LogP contribution in [0.25, 0.3) is 0 Å². The Balaban J connectivity index is 2.26. The molecule has 1 amide bonds. The van der Waals surface area contributed by atoms with E-state index in [1.54, 1.807) is 6.92 Å². The van der Waals surface area contributed by atoms with E-state index in [1.165, 1.54) is 19.1 Å². The number of carbonyl (C=O) groups is 1. The highest BCUT2D eigenvalue weighted by atomic mass is 32.2. The molecule has 0 heterocycles. The molecule has 0 saturated heterocycles. The van der Waals surface area contributed by atoms with Crippen molar-refractivity contribution in [3.63, 3.8) is 0 Å². The van der Waals surface area contributed by atoms with E-state index in [0.29, 0.717) is 18.8 Å². The highest BCUT2D eigenvalue weighted by molar-refractivity contribution is 7.90. The molecule has 1 N–H and O–H groups in total. The van der Waals surface area contributed by atoms with Gasteiger partial charge in [0, 0.05) is 6.07 Å². The summed E-state index contributed by atoms with van der Waals surface area (Å²) >= 11 is 0. The van der Waals surface area contributed by atoms with Gasteiger partial charge in [-0.15, -0.1) is 0 Å². The number of ether oxygens (including phenoxy) is 1. The van der Waals surface area contributed by atoms with Gasteiger partial charge in [0.2, 0.25) is 10.0 Å². The van der Waals surface area contributed by atoms with Gasteiger partial charge in [-0.05, 0) is 50.2 Å². The Morgan fingerprint density at radius 1 is 1.36 bits per heavy atom. The van der Waals surface area contributed by atoms with Gasteiger partial charge in [0.05, 0.1) is 17.4 Å². The summed E-state index contributed by atoms with van der Waals surface area (Å²) in [7, 11) is -3.82. The van der Waals surface area contributed by atoms with Gasteiger partial charge in [-0.2, -0.15) is 0 Å². The molecule has 0 spiro atoms. The van der Waals surface area contributed by atoms with E-state index in [0.717, 1.165) is 31.2 Å². The Labute approximate surface area is 149 Å². The average Bonchev–Trinajstić information content (AvgIpc) is 3.38. The number of nitrogens with one attached hydrogen (secondary N) is 1. The van der Waals surface area contributed by atoms with Crippen LogP contribution in [0.15, 0.2) is 12.1 Å². The first-order chi connectivity index (χ1) is 11.8. The Morgan fingerprint density at radius 2 is 2.04 bits per heavy atom. The van der Waals surface area contributed by atoms with Gasteiger partial charge in [-0.3, -0.25) is 4.79 Å². The summed E-state index contributed by atoms with van der Waals surface area (Å²) in [6.07, 6.45) is 4.11. The van der Waals surface area contributed by atoms with E-state index in [9.17, 15) is 17.6 Å². The predicted molar refractivity (Wildman–Crippen MR) is 94.9 cm³/mol. The Kier molecular flexibility index (Phi) is 6.43. The first kappa shape index (κ1) is 19.7. The van der Waals surface area contributed by atoms with Gasteiger partial charge in [0.1, 0.15) is 11.6 Å². The van der Waals surface area contributed by atoms with Crippen LogP contribution in [0.4, 0.5) is 4.39 Å². The van der Waals surface area contributed by atoms with Crippen LogP contribution in [0.5, 0.6) is 5.75 Å². The summed E-state index contributed by atoms with van der Waals surface area (Å²) in [6.45, 7) is 5.75. The molecule has 1 aliphatic carbocycles. The fraction of sp³-hybridized carbons (Fsp3) is 0.611. The van der Waals surface area contributed by atoms with Crippen LogP contribution in [-0.4, -0.2) is 26.2 Å². The van der Waals surface area contributed by atoms with Crippen LogP contribution in [0.1, 0.15) is 74.7 Å². The number of halogens is 1. The van der Waals surface area contributed by atoms with Crippen molar-refractivity contribution in [1.82, 2.24) is 4.72 Å². The number of benzene rings is 1. The summed E-state index contributed by atoms with van der Waals surface area (Å²) < 4.78 is 46.1. The van der Waals surface area contributed by atoms with Crippen molar-refractivity contribution >= 4 is 15.9 Å². The minimum Gasteiger partial charge on any atom is -0.493 e. The van der Waals surface area contributed by atoms with Crippen LogP contribution >= 0.6 is 0 Å². The normalized spacial score (nSPS) is 15.7. The predicted octanol–water partition coefficient (Wildman–Crippen LogP) is 3.74. The molecule has 1 fully saturated rings. The number of hydrogen-bond acceptors (Lipinski definition) is 4. The SMILES string of the molecule is CCCCOc1cc(F)c(C(=O)NS(=O)(=O)C(C)CC)cc1C1CC1. The molecule has 1 aliphatic rings. The van der Waals surface area contributed by atoms with Gasteiger partial charge >= 0.3 is 0 Å². The van der Waals surface area contributed by atoms with Crippen molar-refractivity contribution in [2.24, 2.45) is 0 Å². The van der Waals surface area contributed by atoms with Gasteiger partial charge in [-0.25, -0.2) is 17.5 Å². The number of hydrogen-bond donors (Lipinski definition) is 1. The molecule has 7 heteroatoms. The zero-order valence-electron chi connectivity index (χ0n) is 15.0. The number of carbonyl (C=O) groups excluding carboxylic acids is 1. The summed E-state index contributed by atoms with van der Waals surface area (Å²) in [4.78, 5) is 12.3. The molecule has 2 rings (SSSR count). The minimum atomic E-state index is -3.82. The molecular formula is C18H26FNO4S. The van der Waals surface area contributed by atoms with E-state index < -0.39 is 27.0 Å². The lowest BCUT2D eigenvalue weighted by Crippen LogP contribution is -2.37. The lowest BCUT2D eigenvalue weighted by atomic mass is 10.0. The summed E-state index contributed by atoms with van der Waals surface area (Å²) in [5.74, 6) is -1.00. The zero-order chi connectivity index (χ0) is 18.6. The van der Waals surface area contributed by atoms with E-state index >= 15 is 0 Å². The maximum Gasteiger partial charge on any atom is 0.267 e. The van der Waals surface area contributed by atoms with Gasteiger partial charge in [0.15, 0.2) is 0 Å². The highest BCUT2D eigenvalue weighted by Crippen LogP contribution is 2.45. The Bertz CT molecular complexity index is 729. The number of unbranched alkanes of at least 4 members (excludes halogenated alkanes) is 1. The van der Waals surface area contributed by atoms with Crippen molar-refractivity contribution in [1.29, 1.82) is 0 Å². The van der Waals surface area contributed by atoms with Gasteiger partial charge in [0.25, 0.3) is 5.91 Å². The molecule has 1 aromatic carbocycles. The first-order valence-electron chi connectivity index (χ1n) is 8.82. The fourth-order valence-electron chi connectivity index (χ4n) is 2.41. The van der Waals surface area contributed by atoms with Crippen LogP contribution in [0.2, 0.25) is 0 Å². The molecule has 0 aliphatic heterocycles. The first-order valence-corrected chi connectivity index (χ1v) is 10.4. The molecule has 0 bridgehead atoms. The smallest absolute Gasteiger partial charge is 0.267 e. The molecule has 5 nitrogen and oxygen atoms in total. The van der Waals surface area contributed by atoms with Crippen molar-refractivity contribution in [2.75, 3.05) is 6.61 Å². The molecule has 1 aromatic rings. The van der Waals surface area contributed by atoms with E-state index in [2.05, 4.69) is 0 Å². The van der Waals surface area contributed by atoms with E-state index in [1.807, 2.05) is 11.6 Å². The Morgan fingerprint density at radius 3 is 2.60 bits per heavy atom. The van der Waals surface area contributed by atoms with Crippen LogP contribution < -0.4 is 9.46 Å². The molecule has 1 unspecified atom stereocenters. The number of amides is 1. The van der Waals surface area contributed by atoms with Crippen molar-refractivity contribution in [2.45, 2.75) is 64.0 Å². The van der Waals surface area contributed by atoms with Crippen molar-refractivity contribution < 1.29 is 22.3 Å². The second-order valence-electron chi connectivity index (χ2n) is 6.54. The van der Waals surface area contributed by atoms with Crippen molar-refractivity contribution in [3.8, 4) is 5.75 Å². The Hall–Kier alpha value is -1.63. The van der Waals surface area contributed by atoms with Gasteiger partial charge < -0.3 is 4.74 Å². The highest BCUT2D eigenvalue weighted by Gasteiger charge is 2.30. The second kappa shape index (κ2) is 8.17. The quantitative estimate of drug-likeness (QED) is 0.671. The lowest BCUT2D eigenvalue weighted by Gasteiger charge is -2.15. The standard InChI is InChI=1S/C18H26FNO4S/c1-4-6-9-24-17-11-16(19)15(10-14(17)13-7-8-13)18(21)20-25(22,23)12(3)5-2/h10-13H,4-9H2,1-3H3,(H,20,21). The van der Waals surface area contributed by atoms with Crippen LogP contribution in [0.3, 0.4) is 0 Å². The third-order valence-corrected chi connectivity index (χ3v) is 6.32. The molecule has 0 aromatic heterocycles. The maximum absolute atomic E-state index is 14.4. The second-order valence-corrected chi connectivity index (χ2v) is 8.64. The summed E-state index contributed by atoms with van der Waals surface area (Å²) in [5, 5.41) is -0.723. The lowest BCUT2D eigenvalue weighted by molar-refractivity contribution is 0.0977. The zero-order valence-corrected chi connectivity index (χ0v) is 15.8. The molecular weight excluding hydrogens is 345 g/mol. The average molecular weight is 371 g/mol. The number of rotatable bonds is 9. The summed E-state index contributed by atoms with van der Waals surface area (Å²) in [5.41, 5.74) is 0.528.